The molecule has 1 rings (SSSR count). The summed E-state index contributed by atoms with van der Waals surface area (Å²) in [5.41, 5.74) is 0.771. The maximum Gasteiger partial charge on any atom is 0.408 e. The quantitative estimate of drug-likeness (QED) is 0.390. The molecule has 3 amide bonds. The number of alkyl carbamates (subject to hydrolysis) is 1. The summed E-state index contributed by atoms with van der Waals surface area (Å²) in [6, 6.07) is 5.39. The van der Waals surface area contributed by atoms with E-state index in [0.717, 1.165) is 12.7 Å². The highest BCUT2D eigenvalue weighted by Gasteiger charge is 2.30. The number of ether oxygens (including phenoxy) is 2. The fourth-order valence-electron chi connectivity index (χ4n) is 2.68. The van der Waals surface area contributed by atoms with Crippen molar-refractivity contribution in [2.75, 3.05) is 13.8 Å². The van der Waals surface area contributed by atoms with Crippen molar-refractivity contribution in [1.82, 2.24) is 16.0 Å². The molecule has 3 atom stereocenters. The third-order valence-electron chi connectivity index (χ3n) is 4.62. The summed E-state index contributed by atoms with van der Waals surface area (Å²) in [5, 5.41) is 7.12. The van der Waals surface area contributed by atoms with Gasteiger partial charge in [0.25, 0.3) is 0 Å². The van der Waals surface area contributed by atoms with Gasteiger partial charge in [-0.25, -0.2) is 9.18 Å². The van der Waals surface area contributed by atoms with Crippen LogP contribution >= 0.6 is 0 Å². The van der Waals surface area contributed by atoms with Crippen molar-refractivity contribution in [1.29, 1.82) is 0 Å². The molecular formula is C22H30FN3O7. The van der Waals surface area contributed by atoms with Crippen molar-refractivity contribution in [2.45, 2.75) is 51.9 Å². The molecular weight excluding hydrogens is 437 g/mol. The molecule has 10 nitrogen and oxygen atoms in total. The number of halogens is 1. The lowest BCUT2D eigenvalue weighted by Crippen LogP contribution is -2.56. The third-order valence-corrected chi connectivity index (χ3v) is 4.62. The van der Waals surface area contributed by atoms with E-state index in [9.17, 15) is 28.4 Å². The number of nitrogens with one attached hydrogen (secondary N) is 3. The van der Waals surface area contributed by atoms with Gasteiger partial charge in [-0.05, 0) is 18.4 Å². The molecule has 0 aromatic heterocycles. The van der Waals surface area contributed by atoms with Crippen molar-refractivity contribution < 1.29 is 37.8 Å². The van der Waals surface area contributed by atoms with Gasteiger partial charge < -0.3 is 25.4 Å². The fraction of sp³-hybridized carbons (Fsp3) is 0.500. The van der Waals surface area contributed by atoms with Crippen LogP contribution in [0.3, 0.4) is 0 Å². The minimum atomic E-state index is -1.43. The van der Waals surface area contributed by atoms with Crippen molar-refractivity contribution in [2.24, 2.45) is 5.92 Å². The van der Waals surface area contributed by atoms with Gasteiger partial charge in [-0.2, -0.15) is 0 Å². The number of carbonyl (C=O) groups is 5. The van der Waals surface area contributed by atoms with Gasteiger partial charge in [0.05, 0.1) is 13.5 Å². The molecule has 1 aromatic rings. The average Bonchev–Trinajstić information content (AvgIpc) is 2.80. The molecule has 0 aliphatic rings. The topological polar surface area (TPSA) is 140 Å². The number of alkyl halides is 1. The summed E-state index contributed by atoms with van der Waals surface area (Å²) in [5.74, 6) is -3.63. The smallest absolute Gasteiger partial charge is 0.408 e. The Labute approximate surface area is 191 Å². The van der Waals surface area contributed by atoms with Gasteiger partial charge >= 0.3 is 12.1 Å². The molecule has 0 aliphatic carbocycles. The second-order valence-corrected chi connectivity index (χ2v) is 7.60. The number of carbonyl (C=O) groups excluding carboxylic acids is 5. The number of methoxy groups -OCH3 is 1. The first-order chi connectivity index (χ1) is 15.6. The van der Waals surface area contributed by atoms with Crippen molar-refractivity contribution in [3.63, 3.8) is 0 Å². The van der Waals surface area contributed by atoms with E-state index in [0.29, 0.717) is 0 Å². The SMILES string of the molecule is COC(=O)CC(NC(=O)[C@H](C)NC(=O)[C@@H](NC(=O)OCc1ccccc1)C(C)C)C(=O)CF. The van der Waals surface area contributed by atoms with Crippen molar-refractivity contribution in [3.05, 3.63) is 35.9 Å². The second kappa shape index (κ2) is 13.8. The van der Waals surface area contributed by atoms with Crippen LogP contribution in [0.25, 0.3) is 0 Å². The van der Waals surface area contributed by atoms with Crippen LogP contribution in [0.2, 0.25) is 0 Å². The first-order valence-electron chi connectivity index (χ1n) is 10.3. The van der Waals surface area contributed by atoms with E-state index >= 15 is 0 Å². The molecule has 0 fully saturated rings. The van der Waals surface area contributed by atoms with Crippen LogP contribution < -0.4 is 16.0 Å². The van der Waals surface area contributed by atoms with Gasteiger partial charge in [0, 0.05) is 0 Å². The van der Waals surface area contributed by atoms with E-state index in [1.54, 1.807) is 38.1 Å². The number of ketones is 1. The predicted octanol–water partition coefficient (Wildman–Crippen LogP) is 1.03. The Kier molecular flexibility index (Phi) is 11.5. The molecule has 3 N–H and O–H groups in total. The molecule has 0 aliphatic heterocycles. The van der Waals surface area contributed by atoms with E-state index in [2.05, 4.69) is 20.7 Å². The van der Waals surface area contributed by atoms with Gasteiger partial charge in [0.2, 0.25) is 11.8 Å². The maximum atomic E-state index is 12.8. The Morgan fingerprint density at radius 2 is 1.58 bits per heavy atom. The van der Waals surface area contributed by atoms with Crippen LogP contribution in [0.15, 0.2) is 30.3 Å². The number of Topliss-reactive ketones (excluding diaryl/α,β-unsaturated/α-hetero) is 1. The number of rotatable bonds is 12. The minimum absolute atomic E-state index is 0.0160. The number of hydrogen-bond donors (Lipinski definition) is 3. The molecule has 11 heteroatoms. The van der Waals surface area contributed by atoms with E-state index in [4.69, 9.17) is 4.74 Å². The molecule has 0 saturated heterocycles. The Morgan fingerprint density at radius 1 is 0.939 bits per heavy atom. The Morgan fingerprint density at radius 3 is 2.12 bits per heavy atom. The minimum Gasteiger partial charge on any atom is -0.469 e. The average molecular weight is 467 g/mol. The van der Waals surface area contributed by atoms with E-state index < -0.39 is 60.9 Å². The highest BCUT2D eigenvalue weighted by atomic mass is 19.1. The summed E-state index contributed by atoms with van der Waals surface area (Å²) in [7, 11) is 1.09. The summed E-state index contributed by atoms with van der Waals surface area (Å²) >= 11 is 0. The van der Waals surface area contributed by atoms with Crippen LogP contribution in [0.5, 0.6) is 0 Å². The molecule has 1 aromatic carbocycles. The zero-order valence-corrected chi connectivity index (χ0v) is 19.1. The Balaban J connectivity index is 2.68. The monoisotopic (exact) mass is 467 g/mol. The molecule has 1 unspecified atom stereocenters. The highest BCUT2D eigenvalue weighted by Crippen LogP contribution is 2.06. The standard InChI is InChI=1S/C22H30FN3O7/c1-13(2)19(26-22(31)33-12-15-8-6-5-7-9-15)21(30)24-14(3)20(29)25-16(17(27)11-23)10-18(28)32-4/h5-9,13-14,16,19H,10-12H2,1-4H3,(H,24,30)(H,25,29)(H,26,31)/t14-,16?,19-/m0/s1. The van der Waals surface area contributed by atoms with Crippen molar-refractivity contribution in [3.8, 4) is 0 Å². The zero-order valence-electron chi connectivity index (χ0n) is 19.1. The summed E-state index contributed by atoms with van der Waals surface area (Å²) in [6.07, 6.45) is -1.36. The number of amides is 3. The fourth-order valence-corrected chi connectivity index (χ4v) is 2.68. The normalized spacial score (nSPS) is 13.3. The summed E-state index contributed by atoms with van der Waals surface area (Å²) in [4.78, 5) is 60.3. The van der Waals surface area contributed by atoms with Gasteiger partial charge in [-0.1, -0.05) is 44.2 Å². The first kappa shape index (κ1) is 27.5. The molecule has 0 spiro atoms. The van der Waals surface area contributed by atoms with Crippen molar-refractivity contribution >= 4 is 29.7 Å². The van der Waals surface area contributed by atoms with Gasteiger partial charge in [-0.15, -0.1) is 0 Å². The number of benzene rings is 1. The summed E-state index contributed by atoms with van der Waals surface area (Å²) in [6.45, 7) is 3.36. The van der Waals surface area contributed by atoms with Crippen LogP contribution in [-0.4, -0.2) is 61.6 Å². The maximum absolute atomic E-state index is 12.8. The predicted molar refractivity (Wildman–Crippen MR) is 116 cm³/mol. The summed E-state index contributed by atoms with van der Waals surface area (Å²) < 4.78 is 22.3. The Bertz CT molecular complexity index is 833. The highest BCUT2D eigenvalue weighted by molar-refractivity contribution is 5.96. The van der Waals surface area contributed by atoms with E-state index in [1.807, 2.05) is 6.07 Å². The lowest BCUT2D eigenvalue weighted by molar-refractivity contribution is -0.143. The second-order valence-electron chi connectivity index (χ2n) is 7.60. The van der Waals surface area contributed by atoms with Gasteiger partial charge in [0.15, 0.2) is 5.78 Å². The van der Waals surface area contributed by atoms with Crippen LogP contribution in [0.4, 0.5) is 9.18 Å². The van der Waals surface area contributed by atoms with Gasteiger partial charge in [0.1, 0.15) is 31.4 Å². The van der Waals surface area contributed by atoms with Crippen LogP contribution in [0, 0.1) is 5.92 Å². The first-order valence-corrected chi connectivity index (χ1v) is 10.3. The largest absolute Gasteiger partial charge is 0.469 e. The third kappa shape index (κ3) is 9.67. The van der Waals surface area contributed by atoms with E-state index in [-0.39, 0.29) is 12.5 Å². The van der Waals surface area contributed by atoms with Crippen LogP contribution in [-0.2, 0) is 35.3 Å². The Hall–Kier alpha value is -3.50. The van der Waals surface area contributed by atoms with Gasteiger partial charge in [-0.3, -0.25) is 19.2 Å². The molecule has 33 heavy (non-hydrogen) atoms. The van der Waals surface area contributed by atoms with Crippen LogP contribution in [0.1, 0.15) is 32.8 Å². The lowest BCUT2D eigenvalue weighted by Gasteiger charge is -2.24. The molecule has 0 heterocycles. The lowest BCUT2D eigenvalue weighted by atomic mass is 10.0. The molecule has 0 saturated carbocycles. The molecule has 0 radical (unpaired) electrons. The zero-order chi connectivity index (χ0) is 25.0. The number of hydrogen-bond acceptors (Lipinski definition) is 7. The molecule has 0 bridgehead atoms. The molecule has 182 valence electrons. The number of esters is 1. The van der Waals surface area contributed by atoms with E-state index in [1.165, 1.54) is 6.92 Å².